The van der Waals surface area contributed by atoms with E-state index in [9.17, 15) is 19.5 Å². The minimum Gasteiger partial charge on any atom is -0.462 e. The molecule has 1 N–H and O–H groups in total. The summed E-state index contributed by atoms with van der Waals surface area (Å²) < 4.78 is 26.9. The molecule has 2 aliphatic rings. The summed E-state index contributed by atoms with van der Waals surface area (Å²) in [6.07, 6.45) is -4.66. The molecule has 9 nitrogen and oxygen atoms in total. The van der Waals surface area contributed by atoms with Crippen molar-refractivity contribution in [3.05, 3.63) is 0 Å². The van der Waals surface area contributed by atoms with Crippen molar-refractivity contribution in [3.63, 3.8) is 0 Å². The smallest absolute Gasteiger partial charge is 0.303 e. The standard InChI is InChI=1S/C16H24O9/c1-7(17)21-6-10(22-8(2)18)12-13(23-9(3)19)11-14(20)16(4,5)25-15(11)24-12/h10-15,20H,6H2,1-5H3/t10-,11-,12-,13+,14?,15+/m0/s1. The van der Waals surface area contributed by atoms with E-state index in [1.165, 1.54) is 20.8 Å². The van der Waals surface area contributed by atoms with E-state index in [1.807, 2.05) is 0 Å². The van der Waals surface area contributed by atoms with Gasteiger partial charge in [-0.3, -0.25) is 14.4 Å². The van der Waals surface area contributed by atoms with E-state index in [2.05, 4.69) is 0 Å². The maximum absolute atomic E-state index is 11.5. The molecule has 0 aromatic rings. The number of ether oxygens (including phenoxy) is 5. The molecule has 0 aliphatic carbocycles. The number of carbonyl (C=O) groups is 3. The average Bonchev–Trinajstić information content (AvgIpc) is 2.89. The fourth-order valence-corrected chi connectivity index (χ4v) is 3.21. The Bertz CT molecular complexity index is 544. The first kappa shape index (κ1) is 19.6. The quantitative estimate of drug-likeness (QED) is 0.530. The molecule has 2 fully saturated rings. The van der Waals surface area contributed by atoms with Crippen LogP contribution in [0, 0.1) is 5.92 Å². The van der Waals surface area contributed by atoms with E-state index >= 15 is 0 Å². The Labute approximate surface area is 145 Å². The highest BCUT2D eigenvalue weighted by atomic mass is 16.7. The topological polar surface area (TPSA) is 118 Å². The normalized spacial score (nSPS) is 34.1. The van der Waals surface area contributed by atoms with Gasteiger partial charge in [0.15, 0.2) is 12.4 Å². The van der Waals surface area contributed by atoms with E-state index in [0.29, 0.717) is 0 Å². The Morgan fingerprint density at radius 3 is 2.28 bits per heavy atom. The molecule has 0 bridgehead atoms. The first-order valence-corrected chi connectivity index (χ1v) is 8.02. The van der Waals surface area contributed by atoms with Crippen LogP contribution in [-0.4, -0.2) is 65.9 Å². The van der Waals surface area contributed by atoms with E-state index in [1.54, 1.807) is 13.8 Å². The highest BCUT2D eigenvalue weighted by Gasteiger charge is 2.62. The maximum atomic E-state index is 11.5. The average molecular weight is 360 g/mol. The van der Waals surface area contributed by atoms with Gasteiger partial charge in [-0.05, 0) is 13.8 Å². The molecule has 2 rings (SSSR count). The number of esters is 3. The monoisotopic (exact) mass is 360 g/mol. The van der Waals surface area contributed by atoms with Crippen molar-refractivity contribution in [3.8, 4) is 0 Å². The van der Waals surface area contributed by atoms with Crippen LogP contribution in [0.4, 0.5) is 0 Å². The number of aliphatic hydroxyl groups is 1. The maximum Gasteiger partial charge on any atom is 0.303 e. The molecule has 0 radical (unpaired) electrons. The van der Waals surface area contributed by atoms with Crippen LogP contribution in [0.3, 0.4) is 0 Å². The molecule has 0 spiro atoms. The van der Waals surface area contributed by atoms with Gasteiger partial charge in [-0.15, -0.1) is 0 Å². The van der Waals surface area contributed by atoms with Crippen LogP contribution in [-0.2, 0) is 38.1 Å². The number of hydrogen-bond donors (Lipinski definition) is 1. The highest BCUT2D eigenvalue weighted by Crippen LogP contribution is 2.45. The zero-order valence-corrected chi connectivity index (χ0v) is 14.9. The van der Waals surface area contributed by atoms with Crippen LogP contribution in [0.25, 0.3) is 0 Å². The molecule has 0 aromatic carbocycles. The third kappa shape index (κ3) is 4.28. The third-order valence-corrected chi connectivity index (χ3v) is 4.24. The van der Waals surface area contributed by atoms with Gasteiger partial charge in [-0.1, -0.05) is 0 Å². The Kier molecular flexibility index (Phi) is 5.70. The van der Waals surface area contributed by atoms with E-state index in [0.717, 1.165) is 0 Å². The predicted octanol–water partition coefficient (Wildman–Crippen LogP) is -0.0763. The lowest BCUT2D eigenvalue weighted by Crippen LogP contribution is -2.48. The van der Waals surface area contributed by atoms with Gasteiger partial charge in [0.25, 0.3) is 0 Å². The highest BCUT2D eigenvalue weighted by molar-refractivity contribution is 5.67. The zero-order chi connectivity index (χ0) is 18.9. The summed E-state index contributed by atoms with van der Waals surface area (Å²) in [5.41, 5.74) is -0.883. The van der Waals surface area contributed by atoms with Gasteiger partial charge in [-0.2, -0.15) is 0 Å². The SMILES string of the molecule is CC(=O)OC[C@H](OC(C)=O)[C@@H]1O[C@@H]2OC(C)(C)C(O)[C@@H]2[C@H]1OC(C)=O. The molecule has 2 saturated heterocycles. The van der Waals surface area contributed by atoms with Gasteiger partial charge in [0.05, 0.1) is 17.6 Å². The largest absolute Gasteiger partial charge is 0.462 e. The zero-order valence-electron chi connectivity index (χ0n) is 14.9. The Balaban J connectivity index is 2.25. The summed E-state index contributed by atoms with van der Waals surface area (Å²) in [5, 5.41) is 10.5. The van der Waals surface area contributed by atoms with Gasteiger partial charge in [0.2, 0.25) is 0 Å². The lowest BCUT2D eigenvalue weighted by molar-refractivity contribution is -0.207. The summed E-state index contributed by atoms with van der Waals surface area (Å²) in [6, 6.07) is 0. The van der Waals surface area contributed by atoms with Crippen molar-refractivity contribution in [1.82, 2.24) is 0 Å². The molecule has 6 atom stereocenters. The van der Waals surface area contributed by atoms with Gasteiger partial charge in [0, 0.05) is 20.8 Å². The first-order valence-electron chi connectivity index (χ1n) is 8.02. The van der Waals surface area contributed by atoms with Crippen LogP contribution in [0.1, 0.15) is 34.6 Å². The molecule has 2 heterocycles. The van der Waals surface area contributed by atoms with Crippen molar-refractivity contribution in [2.24, 2.45) is 5.92 Å². The lowest BCUT2D eigenvalue weighted by Gasteiger charge is -2.32. The Hall–Kier alpha value is -1.71. The predicted molar refractivity (Wildman–Crippen MR) is 81.1 cm³/mol. The summed E-state index contributed by atoms with van der Waals surface area (Å²) in [4.78, 5) is 34.0. The second-order valence-electron chi connectivity index (χ2n) is 6.74. The first-order chi connectivity index (χ1) is 11.5. The lowest BCUT2D eigenvalue weighted by atomic mass is 9.87. The van der Waals surface area contributed by atoms with Crippen LogP contribution in [0.5, 0.6) is 0 Å². The second kappa shape index (κ2) is 7.27. The summed E-state index contributed by atoms with van der Waals surface area (Å²) in [6.45, 7) is 6.77. The Morgan fingerprint density at radius 1 is 1.12 bits per heavy atom. The van der Waals surface area contributed by atoms with E-state index < -0.39 is 60.1 Å². The molecule has 1 unspecified atom stereocenters. The van der Waals surface area contributed by atoms with Gasteiger partial charge in [-0.25, -0.2) is 0 Å². The van der Waals surface area contributed by atoms with Crippen LogP contribution >= 0.6 is 0 Å². The van der Waals surface area contributed by atoms with Crippen molar-refractivity contribution in [2.75, 3.05) is 6.61 Å². The van der Waals surface area contributed by atoms with Crippen molar-refractivity contribution in [1.29, 1.82) is 0 Å². The molecule has 142 valence electrons. The van der Waals surface area contributed by atoms with E-state index in [-0.39, 0.29) is 6.61 Å². The molecule has 9 heteroatoms. The van der Waals surface area contributed by atoms with Crippen molar-refractivity contribution in [2.45, 2.75) is 70.9 Å². The van der Waals surface area contributed by atoms with Gasteiger partial charge >= 0.3 is 17.9 Å². The third-order valence-electron chi connectivity index (χ3n) is 4.24. The van der Waals surface area contributed by atoms with Crippen LogP contribution in [0.2, 0.25) is 0 Å². The van der Waals surface area contributed by atoms with Crippen LogP contribution < -0.4 is 0 Å². The minimum atomic E-state index is -1.00. The number of aliphatic hydroxyl groups excluding tert-OH is 1. The van der Waals surface area contributed by atoms with Crippen LogP contribution in [0.15, 0.2) is 0 Å². The number of fused-ring (bicyclic) bond motifs is 1. The summed E-state index contributed by atoms with van der Waals surface area (Å²) in [7, 11) is 0. The minimum absolute atomic E-state index is 0.268. The number of rotatable bonds is 5. The number of hydrogen-bond acceptors (Lipinski definition) is 9. The fourth-order valence-electron chi connectivity index (χ4n) is 3.21. The molecule has 0 amide bonds. The number of carbonyl (C=O) groups excluding carboxylic acids is 3. The molecular formula is C16H24O9. The van der Waals surface area contributed by atoms with Crippen molar-refractivity contribution >= 4 is 17.9 Å². The summed E-state index contributed by atoms with van der Waals surface area (Å²) >= 11 is 0. The Morgan fingerprint density at radius 2 is 1.76 bits per heavy atom. The van der Waals surface area contributed by atoms with Crippen molar-refractivity contribution < 1.29 is 43.2 Å². The summed E-state index contributed by atoms with van der Waals surface area (Å²) in [5.74, 6) is -2.40. The van der Waals surface area contributed by atoms with Gasteiger partial charge in [0.1, 0.15) is 18.8 Å². The molecular weight excluding hydrogens is 336 g/mol. The van der Waals surface area contributed by atoms with E-state index in [4.69, 9.17) is 23.7 Å². The molecule has 2 aliphatic heterocycles. The molecule has 0 aromatic heterocycles. The van der Waals surface area contributed by atoms with Gasteiger partial charge < -0.3 is 28.8 Å². The fraction of sp³-hybridized carbons (Fsp3) is 0.812. The second-order valence-corrected chi connectivity index (χ2v) is 6.74. The molecule has 25 heavy (non-hydrogen) atoms. The molecule has 0 saturated carbocycles.